The highest BCUT2D eigenvalue weighted by molar-refractivity contribution is 8.01. The highest BCUT2D eigenvalue weighted by Crippen LogP contribution is 2.58. The normalized spacial score (nSPS) is 29.2. The SMILES string of the molecule is C=CCOC(=O)[C@@H]1C2C(=O)[C@@H](NC(=O)[C@H](N)c3ccccc3)[C@H]2SC1(C)C. The predicted molar refractivity (Wildman–Crippen MR) is 104 cm³/mol. The summed E-state index contributed by atoms with van der Waals surface area (Å²) in [5.41, 5.74) is 6.70. The molecule has 6 nitrogen and oxygen atoms in total. The Morgan fingerprint density at radius 1 is 1.37 bits per heavy atom. The molecule has 0 aromatic heterocycles. The van der Waals surface area contributed by atoms with Crippen molar-refractivity contribution in [1.29, 1.82) is 0 Å². The summed E-state index contributed by atoms with van der Waals surface area (Å²) in [6.07, 6.45) is 1.50. The first kappa shape index (κ1) is 19.6. The van der Waals surface area contributed by atoms with Crippen LogP contribution < -0.4 is 11.1 Å². The maximum atomic E-state index is 12.7. The fourth-order valence-corrected chi connectivity index (χ4v) is 5.71. The Labute approximate surface area is 162 Å². The molecule has 1 aliphatic carbocycles. The molecule has 27 heavy (non-hydrogen) atoms. The first-order chi connectivity index (χ1) is 12.8. The lowest BCUT2D eigenvalue weighted by Crippen LogP contribution is -2.64. The van der Waals surface area contributed by atoms with E-state index in [2.05, 4.69) is 11.9 Å². The van der Waals surface area contributed by atoms with Crippen molar-refractivity contribution in [3.63, 3.8) is 0 Å². The zero-order chi connectivity index (χ0) is 19.8. The van der Waals surface area contributed by atoms with Crippen LogP contribution in [0.4, 0.5) is 0 Å². The first-order valence-corrected chi connectivity index (χ1v) is 9.76. The quantitative estimate of drug-likeness (QED) is 0.567. The Morgan fingerprint density at radius 3 is 2.67 bits per heavy atom. The van der Waals surface area contributed by atoms with E-state index in [4.69, 9.17) is 10.5 Å². The second-order valence-corrected chi connectivity index (χ2v) is 9.22. The van der Waals surface area contributed by atoms with Gasteiger partial charge in [0.05, 0.1) is 5.92 Å². The van der Waals surface area contributed by atoms with Gasteiger partial charge in [0.25, 0.3) is 0 Å². The largest absolute Gasteiger partial charge is 0.461 e. The van der Waals surface area contributed by atoms with Gasteiger partial charge in [0.1, 0.15) is 18.7 Å². The van der Waals surface area contributed by atoms with Crippen LogP contribution in [0.1, 0.15) is 25.5 Å². The number of nitrogens with two attached hydrogens (primary N) is 1. The van der Waals surface area contributed by atoms with E-state index in [-0.39, 0.29) is 23.6 Å². The average Bonchev–Trinajstić information content (AvgIpc) is 2.92. The molecule has 2 fully saturated rings. The van der Waals surface area contributed by atoms with Crippen molar-refractivity contribution in [2.45, 2.75) is 35.9 Å². The third kappa shape index (κ3) is 3.53. The molecule has 1 aliphatic heterocycles. The maximum absolute atomic E-state index is 12.7. The summed E-state index contributed by atoms with van der Waals surface area (Å²) < 4.78 is 4.74. The Morgan fingerprint density at radius 2 is 2.04 bits per heavy atom. The van der Waals surface area contributed by atoms with Gasteiger partial charge in [-0.2, -0.15) is 0 Å². The Kier molecular flexibility index (Phi) is 5.44. The van der Waals surface area contributed by atoms with Crippen LogP contribution in [0.15, 0.2) is 43.0 Å². The molecule has 1 saturated heterocycles. The van der Waals surface area contributed by atoms with Gasteiger partial charge in [0.15, 0.2) is 5.78 Å². The molecule has 0 bridgehead atoms. The second-order valence-electron chi connectivity index (χ2n) is 7.39. The first-order valence-electron chi connectivity index (χ1n) is 8.88. The molecule has 0 radical (unpaired) electrons. The van der Waals surface area contributed by atoms with Gasteiger partial charge in [0, 0.05) is 15.9 Å². The molecule has 1 unspecified atom stereocenters. The molecule has 2 aliphatic rings. The van der Waals surface area contributed by atoms with Crippen LogP contribution in [0.3, 0.4) is 0 Å². The van der Waals surface area contributed by atoms with Crippen molar-refractivity contribution in [2.75, 3.05) is 6.61 Å². The molecule has 144 valence electrons. The third-order valence-corrected chi connectivity index (χ3v) is 6.90. The molecule has 1 aromatic carbocycles. The summed E-state index contributed by atoms with van der Waals surface area (Å²) in [5.74, 6) is -1.89. The fourth-order valence-electron chi connectivity index (χ4n) is 3.84. The minimum absolute atomic E-state index is 0.119. The Bertz CT molecular complexity index is 765. The van der Waals surface area contributed by atoms with Crippen molar-refractivity contribution in [3.05, 3.63) is 48.6 Å². The van der Waals surface area contributed by atoms with Crippen LogP contribution in [0.25, 0.3) is 0 Å². The number of Topliss-reactive ketones (excluding diaryl/α,β-unsaturated/α-hetero) is 1. The number of esters is 1. The number of rotatable bonds is 6. The highest BCUT2D eigenvalue weighted by Gasteiger charge is 2.66. The van der Waals surface area contributed by atoms with Gasteiger partial charge in [-0.25, -0.2) is 0 Å². The number of benzene rings is 1. The molecular formula is C20H24N2O4S. The van der Waals surface area contributed by atoms with Crippen LogP contribution in [-0.4, -0.2) is 40.3 Å². The zero-order valence-corrected chi connectivity index (χ0v) is 16.2. The lowest BCUT2D eigenvalue weighted by atomic mass is 9.67. The number of ketones is 1. The zero-order valence-electron chi connectivity index (χ0n) is 15.4. The molecule has 1 amide bonds. The molecular weight excluding hydrogens is 364 g/mol. The van der Waals surface area contributed by atoms with Crippen molar-refractivity contribution in [2.24, 2.45) is 17.6 Å². The van der Waals surface area contributed by atoms with E-state index in [0.29, 0.717) is 5.56 Å². The molecule has 1 saturated carbocycles. The van der Waals surface area contributed by atoms with Crippen LogP contribution in [-0.2, 0) is 19.1 Å². The summed E-state index contributed by atoms with van der Waals surface area (Å²) in [6, 6.07) is 7.54. The monoisotopic (exact) mass is 388 g/mol. The number of hydrogen-bond acceptors (Lipinski definition) is 6. The van der Waals surface area contributed by atoms with Gasteiger partial charge >= 0.3 is 5.97 Å². The standard InChI is InChI=1S/C20H24N2O4S/c1-4-10-26-19(25)13-12-16(23)15(17(12)27-20(13,2)3)22-18(24)14(21)11-8-6-5-7-9-11/h4-9,12-15,17H,1,10,21H2,2-3H3,(H,22,24)/t12?,13-,14+,15+,17-/m0/s1. The maximum Gasteiger partial charge on any atom is 0.311 e. The van der Waals surface area contributed by atoms with Crippen molar-refractivity contribution >= 4 is 29.4 Å². The van der Waals surface area contributed by atoms with Gasteiger partial charge in [-0.15, -0.1) is 11.8 Å². The molecule has 7 heteroatoms. The topological polar surface area (TPSA) is 98.5 Å². The van der Waals surface area contributed by atoms with Gasteiger partial charge in [-0.05, 0) is 19.4 Å². The van der Waals surface area contributed by atoms with Crippen molar-refractivity contribution in [1.82, 2.24) is 5.32 Å². The lowest BCUT2D eigenvalue weighted by Gasteiger charge is -2.40. The molecule has 3 N–H and O–H groups in total. The minimum atomic E-state index is -0.842. The van der Waals surface area contributed by atoms with E-state index >= 15 is 0 Å². The summed E-state index contributed by atoms with van der Waals surface area (Å²) in [4.78, 5) is 37.7. The molecule has 3 rings (SSSR count). The number of carbonyl (C=O) groups excluding carboxylic acids is 3. The summed E-state index contributed by atoms with van der Waals surface area (Å²) in [7, 11) is 0. The van der Waals surface area contributed by atoms with Gasteiger partial charge < -0.3 is 15.8 Å². The van der Waals surface area contributed by atoms with E-state index in [1.54, 1.807) is 23.9 Å². The fraction of sp³-hybridized carbons (Fsp3) is 0.450. The van der Waals surface area contributed by atoms with E-state index in [1.165, 1.54) is 6.08 Å². The number of nitrogens with one attached hydrogen (secondary N) is 1. The Balaban J connectivity index is 1.69. The highest BCUT2D eigenvalue weighted by atomic mass is 32.2. The van der Waals surface area contributed by atoms with Crippen LogP contribution in [0.5, 0.6) is 0 Å². The van der Waals surface area contributed by atoms with E-state index in [1.807, 2.05) is 32.0 Å². The molecule has 1 heterocycles. The number of thioether (sulfide) groups is 1. The van der Waals surface area contributed by atoms with Crippen molar-refractivity contribution < 1.29 is 19.1 Å². The van der Waals surface area contributed by atoms with E-state index < -0.39 is 34.6 Å². The molecule has 5 atom stereocenters. The summed E-state index contributed by atoms with van der Waals surface area (Å²) in [5, 5.41) is 2.62. The van der Waals surface area contributed by atoms with Gasteiger partial charge in [-0.1, -0.05) is 43.0 Å². The second kappa shape index (κ2) is 7.48. The third-order valence-electron chi connectivity index (χ3n) is 5.20. The van der Waals surface area contributed by atoms with Gasteiger partial charge in [-0.3, -0.25) is 14.4 Å². The predicted octanol–water partition coefficient (Wildman–Crippen LogP) is 1.61. The van der Waals surface area contributed by atoms with E-state index in [0.717, 1.165) is 0 Å². The Hall–Kier alpha value is -2.12. The van der Waals surface area contributed by atoms with Crippen LogP contribution in [0.2, 0.25) is 0 Å². The minimum Gasteiger partial charge on any atom is -0.461 e. The number of hydrogen-bond donors (Lipinski definition) is 2. The molecule has 1 aromatic rings. The number of ether oxygens (including phenoxy) is 1. The number of carbonyl (C=O) groups is 3. The van der Waals surface area contributed by atoms with Gasteiger partial charge in [0.2, 0.25) is 5.91 Å². The summed E-state index contributed by atoms with van der Waals surface area (Å²) >= 11 is 1.55. The lowest BCUT2D eigenvalue weighted by molar-refractivity contribution is -0.155. The van der Waals surface area contributed by atoms with E-state index in [9.17, 15) is 14.4 Å². The number of fused-ring (bicyclic) bond motifs is 1. The van der Waals surface area contributed by atoms with Crippen molar-refractivity contribution in [3.8, 4) is 0 Å². The average molecular weight is 388 g/mol. The van der Waals surface area contributed by atoms with Crippen LogP contribution in [0, 0.1) is 11.8 Å². The summed E-state index contributed by atoms with van der Waals surface area (Å²) in [6.45, 7) is 7.51. The smallest absolute Gasteiger partial charge is 0.311 e. The molecule has 0 spiro atoms. The van der Waals surface area contributed by atoms with Crippen LogP contribution >= 0.6 is 11.8 Å². The number of amides is 1.